The van der Waals surface area contributed by atoms with E-state index >= 15 is 0 Å². The number of fused-ring (bicyclic) bond motifs is 1. The number of aliphatic hydroxyl groups excluding tert-OH is 1. The van der Waals surface area contributed by atoms with Crippen molar-refractivity contribution >= 4 is 22.6 Å². The molecule has 0 unspecified atom stereocenters. The predicted molar refractivity (Wildman–Crippen MR) is 110 cm³/mol. The van der Waals surface area contributed by atoms with E-state index in [-0.39, 0.29) is 12.5 Å². The molecule has 4 rings (SSSR count). The zero-order chi connectivity index (χ0) is 21.1. The van der Waals surface area contributed by atoms with Crippen molar-refractivity contribution in [1.82, 2.24) is 29.7 Å². The second kappa shape index (κ2) is 8.29. The maximum Gasteiger partial charge on any atom is 0.316 e. The Hall–Kier alpha value is -3.79. The van der Waals surface area contributed by atoms with Crippen LogP contribution >= 0.6 is 0 Å². The lowest BCUT2D eigenvalue weighted by Gasteiger charge is -2.03. The standard InChI is InChI=1S/C20H21N7O3/c1-3-30-20-21-5-4-15(24-20)17-8-13-10-22-18(9-16(13)23-17)25-19(29)14-11-27(6-7-28)26-12(14)2/h4-5,8-11,23,28H,3,6-7H2,1-2H3,(H,22,25,29). The van der Waals surface area contributed by atoms with Crippen molar-refractivity contribution in [2.45, 2.75) is 20.4 Å². The first-order chi connectivity index (χ1) is 14.6. The summed E-state index contributed by atoms with van der Waals surface area (Å²) in [5.41, 5.74) is 3.31. The van der Waals surface area contributed by atoms with Crippen molar-refractivity contribution in [1.29, 1.82) is 0 Å². The maximum atomic E-state index is 12.6. The van der Waals surface area contributed by atoms with E-state index in [1.807, 2.05) is 13.0 Å². The Morgan fingerprint density at radius 1 is 1.33 bits per heavy atom. The third kappa shape index (κ3) is 3.98. The molecule has 0 aliphatic rings. The number of hydrogen-bond acceptors (Lipinski definition) is 7. The van der Waals surface area contributed by atoms with Gasteiger partial charge < -0.3 is 20.1 Å². The normalized spacial score (nSPS) is 11.0. The Balaban J connectivity index is 1.57. The first-order valence-corrected chi connectivity index (χ1v) is 9.48. The van der Waals surface area contributed by atoms with Crippen LogP contribution in [0.2, 0.25) is 0 Å². The van der Waals surface area contributed by atoms with Crippen LogP contribution in [0.25, 0.3) is 22.3 Å². The number of aryl methyl sites for hydroxylation is 1. The summed E-state index contributed by atoms with van der Waals surface area (Å²) < 4.78 is 6.89. The predicted octanol–water partition coefficient (Wildman–Crippen LogP) is 2.17. The van der Waals surface area contributed by atoms with Crippen molar-refractivity contribution in [3.8, 4) is 17.4 Å². The Kier molecular flexibility index (Phi) is 5.40. The Morgan fingerprint density at radius 2 is 2.20 bits per heavy atom. The fraction of sp³-hybridized carbons (Fsp3) is 0.250. The number of nitrogens with zero attached hydrogens (tertiary/aromatic N) is 5. The topological polar surface area (TPSA) is 131 Å². The number of H-pyrrole nitrogens is 1. The summed E-state index contributed by atoms with van der Waals surface area (Å²) in [6, 6.07) is 5.79. The van der Waals surface area contributed by atoms with Gasteiger partial charge in [0.1, 0.15) is 5.82 Å². The molecule has 1 amide bonds. The summed E-state index contributed by atoms with van der Waals surface area (Å²) in [4.78, 5) is 28.7. The average molecular weight is 407 g/mol. The van der Waals surface area contributed by atoms with Crippen molar-refractivity contribution in [2.75, 3.05) is 18.5 Å². The number of aromatic amines is 1. The zero-order valence-corrected chi connectivity index (χ0v) is 16.6. The minimum Gasteiger partial charge on any atom is -0.464 e. The molecule has 0 aromatic carbocycles. The van der Waals surface area contributed by atoms with Gasteiger partial charge in [0.15, 0.2) is 0 Å². The van der Waals surface area contributed by atoms with Gasteiger partial charge in [-0.3, -0.25) is 9.48 Å². The van der Waals surface area contributed by atoms with Crippen LogP contribution in [0.3, 0.4) is 0 Å². The van der Waals surface area contributed by atoms with Crippen LogP contribution in [0.15, 0.2) is 36.8 Å². The third-order valence-corrected chi connectivity index (χ3v) is 4.45. The van der Waals surface area contributed by atoms with E-state index in [1.165, 1.54) is 4.68 Å². The van der Waals surface area contributed by atoms with Crippen LogP contribution in [0.1, 0.15) is 23.0 Å². The lowest BCUT2D eigenvalue weighted by atomic mass is 10.2. The molecule has 0 fully saturated rings. The maximum absolute atomic E-state index is 12.6. The van der Waals surface area contributed by atoms with E-state index in [0.717, 1.165) is 16.6 Å². The molecule has 30 heavy (non-hydrogen) atoms. The number of nitrogens with one attached hydrogen (secondary N) is 2. The summed E-state index contributed by atoms with van der Waals surface area (Å²) in [6.45, 7) is 4.39. The molecule has 0 saturated carbocycles. The molecule has 0 spiro atoms. The highest BCUT2D eigenvalue weighted by Gasteiger charge is 2.15. The van der Waals surface area contributed by atoms with Gasteiger partial charge in [-0.1, -0.05) is 0 Å². The van der Waals surface area contributed by atoms with Crippen molar-refractivity contribution < 1.29 is 14.6 Å². The number of carbonyl (C=O) groups excluding carboxylic acids is 1. The highest BCUT2D eigenvalue weighted by Crippen LogP contribution is 2.24. The Bertz CT molecular complexity index is 1200. The first kappa shape index (κ1) is 19.5. The smallest absolute Gasteiger partial charge is 0.316 e. The van der Waals surface area contributed by atoms with Gasteiger partial charge in [0.25, 0.3) is 5.91 Å². The van der Waals surface area contributed by atoms with E-state index < -0.39 is 0 Å². The minimum absolute atomic E-state index is 0.0477. The second-order valence-corrected chi connectivity index (χ2v) is 6.57. The van der Waals surface area contributed by atoms with Crippen LogP contribution in [0, 0.1) is 6.92 Å². The van der Waals surface area contributed by atoms with Crippen LogP contribution in [-0.4, -0.2) is 53.9 Å². The summed E-state index contributed by atoms with van der Waals surface area (Å²) in [5.74, 6) is 0.0976. The average Bonchev–Trinajstić information content (AvgIpc) is 3.32. The number of amides is 1. The minimum atomic E-state index is -0.313. The summed E-state index contributed by atoms with van der Waals surface area (Å²) in [7, 11) is 0. The molecule has 0 bridgehead atoms. The molecule has 4 aromatic heterocycles. The summed E-state index contributed by atoms with van der Waals surface area (Å²) in [5, 5.41) is 16.9. The van der Waals surface area contributed by atoms with Gasteiger partial charge in [-0.15, -0.1) is 0 Å². The van der Waals surface area contributed by atoms with Crippen molar-refractivity contribution in [3.63, 3.8) is 0 Å². The molecule has 0 atom stereocenters. The number of anilines is 1. The van der Waals surface area contributed by atoms with Crippen LogP contribution in [0.5, 0.6) is 6.01 Å². The zero-order valence-electron chi connectivity index (χ0n) is 16.6. The van der Waals surface area contributed by atoms with E-state index in [4.69, 9.17) is 9.84 Å². The molecule has 10 heteroatoms. The summed E-state index contributed by atoms with van der Waals surface area (Å²) in [6.07, 6.45) is 4.93. The van der Waals surface area contributed by atoms with Gasteiger partial charge in [-0.2, -0.15) is 10.1 Å². The fourth-order valence-electron chi connectivity index (χ4n) is 3.06. The molecular weight excluding hydrogens is 386 g/mol. The molecule has 0 saturated heterocycles. The van der Waals surface area contributed by atoms with E-state index in [9.17, 15) is 4.79 Å². The molecule has 0 radical (unpaired) electrons. The second-order valence-electron chi connectivity index (χ2n) is 6.57. The van der Waals surface area contributed by atoms with Gasteiger partial charge in [0, 0.05) is 30.0 Å². The first-order valence-electron chi connectivity index (χ1n) is 9.48. The SMILES string of the molecule is CCOc1nccc(-c2cc3cnc(NC(=O)c4cn(CCO)nc4C)cc3[nH]2)n1. The van der Waals surface area contributed by atoms with Gasteiger partial charge in [-0.05, 0) is 26.0 Å². The molecule has 10 nitrogen and oxygen atoms in total. The molecule has 154 valence electrons. The van der Waals surface area contributed by atoms with Gasteiger partial charge >= 0.3 is 6.01 Å². The molecular formula is C20H21N7O3. The molecule has 0 aliphatic heterocycles. The van der Waals surface area contributed by atoms with Crippen molar-refractivity contribution in [3.05, 3.63) is 48.0 Å². The number of carbonyl (C=O) groups is 1. The number of ether oxygens (including phenoxy) is 1. The number of hydrogen-bond donors (Lipinski definition) is 3. The number of pyridine rings is 1. The number of aromatic nitrogens is 6. The number of rotatable bonds is 7. The summed E-state index contributed by atoms with van der Waals surface area (Å²) >= 11 is 0. The molecule has 4 aromatic rings. The van der Waals surface area contributed by atoms with E-state index in [2.05, 4.69) is 30.4 Å². The van der Waals surface area contributed by atoms with Crippen LogP contribution in [-0.2, 0) is 6.54 Å². The Morgan fingerprint density at radius 3 is 3.00 bits per heavy atom. The quantitative estimate of drug-likeness (QED) is 0.428. The highest BCUT2D eigenvalue weighted by atomic mass is 16.5. The van der Waals surface area contributed by atoms with Crippen molar-refractivity contribution in [2.24, 2.45) is 0 Å². The third-order valence-electron chi connectivity index (χ3n) is 4.45. The molecule has 3 N–H and O–H groups in total. The Labute approximate surface area is 172 Å². The molecule has 4 heterocycles. The van der Waals surface area contributed by atoms with Gasteiger partial charge in [-0.25, -0.2) is 9.97 Å². The fourth-order valence-corrected chi connectivity index (χ4v) is 3.06. The largest absolute Gasteiger partial charge is 0.464 e. The van der Waals surface area contributed by atoms with Crippen LogP contribution < -0.4 is 10.1 Å². The van der Waals surface area contributed by atoms with E-state index in [0.29, 0.717) is 41.9 Å². The monoisotopic (exact) mass is 407 g/mol. The highest BCUT2D eigenvalue weighted by molar-refractivity contribution is 6.05. The molecule has 0 aliphatic carbocycles. The van der Waals surface area contributed by atoms with E-state index in [1.54, 1.807) is 37.6 Å². The lowest BCUT2D eigenvalue weighted by molar-refractivity contribution is 0.102. The lowest BCUT2D eigenvalue weighted by Crippen LogP contribution is -2.13. The number of aliphatic hydroxyl groups is 1. The van der Waals surface area contributed by atoms with Gasteiger partial charge in [0.05, 0.1) is 47.9 Å². The van der Waals surface area contributed by atoms with Crippen LogP contribution in [0.4, 0.5) is 5.82 Å². The van der Waals surface area contributed by atoms with Gasteiger partial charge in [0.2, 0.25) is 0 Å².